The number of nitrogens with one attached hydrogen (secondary N) is 1. The number of pyridine rings is 1. The van der Waals surface area contributed by atoms with Gasteiger partial charge >= 0.3 is 5.97 Å². The van der Waals surface area contributed by atoms with E-state index in [1.165, 1.54) is 0 Å². The maximum atomic E-state index is 11.0. The number of carboxylic acid groups (broad SMARTS) is 1. The lowest BCUT2D eigenvalue weighted by molar-refractivity contribution is 0.0696. The second-order valence-electron chi connectivity index (χ2n) is 5.52. The van der Waals surface area contributed by atoms with Gasteiger partial charge in [-0.15, -0.1) is 0 Å². The van der Waals surface area contributed by atoms with Crippen molar-refractivity contribution < 1.29 is 9.90 Å². The van der Waals surface area contributed by atoms with Gasteiger partial charge in [0.1, 0.15) is 0 Å². The summed E-state index contributed by atoms with van der Waals surface area (Å²) in [6.45, 7) is 1.33. The first kappa shape index (κ1) is 15.9. The summed E-state index contributed by atoms with van der Waals surface area (Å²) in [6.07, 6.45) is 1.79. The molecule has 0 aliphatic carbocycles. The largest absolute Gasteiger partial charge is 0.478 e. The predicted molar refractivity (Wildman–Crippen MR) is 93.6 cm³/mol. The van der Waals surface area contributed by atoms with Gasteiger partial charge in [0, 0.05) is 24.8 Å². The van der Waals surface area contributed by atoms with Gasteiger partial charge in [0.15, 0.2) is 0 Å². The highest BCUT2D eigenvalue weighted by Crippen LogP contribution is 2.17. The third kappa shape index (κ3) is 4.06. The summed E-state index contributed by atoms with van der Waals surface area (Å²) in [6, 6.07) is 21.1. The summed E-state index contributed by atoms with van der Waals surface area (Å²) < 4.78 is 0. The van der Waals surface area contributed by atoms with Gasteiger partial charge < -0.3 is 10.4 Å². The third-order valence-corrected chi connectivity index (χ3v) is 3.72. The molecule has 3 aromatic rings. The Hall–Kier alpha value is -2.98. The average Bonchev–Trinajstić information content (AvgIpc) is 2.63. The van der Waals surface area contributed by atoms with Gasteiger partial charge in [0.2, 0.25) is 0 Å². The zero-order chi connectivity index (χ0) is 16.8. The molecule has 24 heavy (non-hydrogen) atoms. The van der Waals surface area contributed by atoms with Crippen molar-refractivity contribution in [3.8, 4) is 11.3 Å². The van der Waals surface area contributed by atoms with E-state index in [-0.39, 0.29) is 0 Å². The van der Waals surface area contributed by atoms with Gasteiger partial charge in [-0.2, -0.15) is 0 Å². The topological polar surface area (TPSA) is 62.2 Å². The second kappa shape index (κ2) is 7.53. The van der Waals surface area contributed by atoms with Crippen LogP contribution in [0, 0.1) is 0 Å². The molecule has 0 saturated heterocycles. The standard InChI is InChI=1S/C20H18N2O2/c23-20(24)18-8-4-6-16(12-18)14-21-13-15-5-3-7-17(11-15)19-9-1-2-10-22-19/h1-12,21H,13-14H2,(H,23,24). The monoisotopic (exact) mass is 318 g/mol. The van der Waals surface area contributed by atoms with Gasteiger partial charge in [0.25, 0.3) is 0 Å². The average molecular weight is 318 g/mol. The van der Waals surface area contributed by atoms with Crippen LogP contribution in [0.3, 0.4) is 0 Å². The molecule has 1 heterocycles. The third-order valence-electron chi connectivity index (χ3n) is 3.72. The van der Waals surface area contributed by atoms with Crippen molar-refractivity contribution in [3.05, 3.63) is 89.6 Å². The van der Waals surface area contributed by atoms with E-state index in [1.807, 2.05) is 36.4 Å². The fourth-order valence-electron chi connectivity index (χ4n) is 2.54. The molecule has 1 aromatic heterocycles. The molecule has 2 aromatic carbocycles. The van der Waals surface area contributed by atoms with E-state index < -0.39 is 5.97 Å². The van der Waals surface area contributed by atoms with Crippen LogP contribution in [-0.4, -0.2) is 16.1 Å². The van der Waals surface area contributed by atoms with E-state index in [9.17, 15) is 4.79 Å². The molecule has 0 aliphatic heterocycles. The number of rotatable bonds is 6. The molecule has 2 N–H and O–H groups in total. The van der Waals surface area contributed by atoms with E-state index in [0.717, 1.165) is 22.4 Å². The number of hydrogen-bond donors (Lipinski definition) is 2. The molecule has 0 saturated carbocycles. The molecular weight excluding hydrogens is 300 g/mol. The van der Waals surface area contributed by atoms with E-state index in [2.05, 4.69) is 22.4 Å². The number of carbonyl (C=O) groups is 1. The molecule has 0 fully saturated rings. The Bertz CT molecular complexity index is 832. The number of nitrogens with zero attached hydrogens (tertiary/aromatic N) is 1. The predicted octanol–water partition coefficient (Wildman–Crippen LogP) is 3.74. The molecule has 120 valence electrons. The zero-order valence-corrected chi connectivity index (χ0v) is 13.1. The van der Waals surface area contributed by atoms with Gasteiger partial charge in [-0.1, -0.05) is 36.4 Å². The van der Waals surface area contributed by atoms with E-state index in [1.54, 1.807) is 24.4 Å². The minimum Gasteiger partial charge on any atom is -0.478 e. The minimum atomic E-state index is -0.903. The van der Waals surface area contributed by atoms with Crippen molar-refractivity contribution in [2.24, 2.45) is 0 Å². The number of benzene rings is 2. The van der Waals surface area contributed by atoms with Crippen molar-refractivity contribution in [1.29, 1.82) is 0 Å². The fraction of sp³-hybridized carbons (Fsp3) is 0.100. The van der Waals surface area contributed by atoms with Gasteiger partial charge in [0.05, 0.1) is 11.3 Å². The SMILES string of the molecule is O=C(O)c1cccc(CNCc2cccc(-c3ccccn3)c2)c1. The van der Waals surface area contributed by atoms with E-state index in [4.69, 9.17) is 5.11 Å². The molecule has 0 spiro atoms. The molecule has 3 rings (SSSR count). The summed E-state index contributed by atoms with van der Waals surface area (Å²) in [7, 11) is 0. The second-order valence-corrected chi connectivity index (χ2v) is 5.52. The van der Waals surface area contributed by atoms with Crippen LogP contribution >= 0.6 is 0 Å². The fourth-order valence-corrected chi connectivity index (χ4v) is 2.54. The van der Waals surface area contributed by atoms with Crippen LogP contribution in [0.15, 0.2) is 72.9 Å². The molecule has 0 atom stereocenters. The zero-order valence-electron chi connectivity index (χ0n) is 13.1. The molecule has 0 unspecified atom stereocenters. The van der Waals surface area contributed by atoms with Gasteiger partial charge in [-0.3, -0.25) is 4.98 Å². The summed E-state index contributed by atoms with van der Waals surface area (Å²) in [5.41, 5.74) is 4.46. The lowest BCUT2D eigenvalue weighted by atomic mass is 10.1. The van der Waals surface area contributed by atoms with Crippen LogP contribution in [0.2, 0.25) is 0 Å². The van der Waals surface area contributed by atoms with Crippen LogP contribution in [0.5, 0.6) is 0 Å². The Labute approximate surface area is 140 Å². The van der Waals surface area contributed by atoms with Gasteiger partial charge in [-0.25, -0.2) is 4.79 Å². The Morgan fingerprint density at radius 1 is 0.917 bits per heavy atom. The first-order valence-electron chi connectivity index (χ1n) is 7.76. The summed E-state index contributed by atoms with van der Waals surface area (Å²) in [4.78, 5) is 15.4. The highest BCUT2D eigenvalue weighted by molar-refractivity contribution is 5.87. The molecule has 0 aliphatic rings. The maximum Gasteiger partial charge on any atom is 0.335 e. The first-order valence-corrected chi connectivity index (χ1v) is 7.76. The molecule has 0 radical (unpaired) electrons. The Kier molecular flexibility index (Phi) is 4.99. The van der Waals surface area contributed by atoms with Crippen LogP contribution in [0.1, 0.15) is 21.5 Å². The van der Waals surface area contributed by atoms with Gasteiger partial charge in [-0.05, 0) is 41.5 Å². The van der Waals surface area contributed by atoms with E-state index >= 15 is 0 Å². The number of carboxylic acids is 1. The summed E-state index contributed by atoms with van der Waals surface area (Å²) in [5, 5.41) is 12.4. The number of aromatic nitrogens is 1. The lowest BCUT2D eigenvalue weighted by Gasteiger charge is -2.08. The Morgan fingerprint density at radius 3 is 2.38 bits per heavy atom. The molecule has 0 amide bonds. The van der Waals surface area contributed by atoms with Crippen molar-refractivity contribution in [1.82, 2.24) is 10.3 Å². The minimum absolute atomic E-state index is 0.312. The first-order chi connectivity index (χ1) is 11.7. The maximum absolute atomic E-state index is 11.0. The lowest BCUT2D eigenvalue weighted by Crippen LogP contribution is -2.13. The molecule has 4 heteroatoms. The summed E-state index contributed by atoms with van der Waals surface area (Å²) >= 11 is 0. The van der Waals surface area contributed by atoms with Crippen molar-refractivity contribution in [2.75, 3.05) is 0 Å². The quantitative estimate of drug-likeness (QED) is 0.727. The van der Waals surface area contributed by atoms with Crippen LogP contribution in [0.25, 0.3) is 11.3 Å². The van der Waals surface area contributed by atoms with Crippen molar-refractivity contribution in [3.63, 3.8) is 0 Å². The van der Waals surface area contributed by atoms with Crippen LogP contribution in [-0.2, 0) is 13.1 Å². The summed E-state index contributed by atoms with van der Waals surface area (Å²) in [5.74, 6) is -0.903. The highest BCUT2D eigenvalue weighted by atomic mass is 16.4. The molecular formula is C20H18N2O2. The van der Waals surface area contributed by atoms with Crippen molar-refractivity contribution in [2.45, 2.75) is 13.1 Å². The Balaban J connectivity index is 1.63. The smallest absolute Gasteiger partial charge is 0.335 e. The molecule has 4 nitrogen and oxygen atoms in total. The normalized spacial score (nSPS) is 10.5. The van der Waals surface area contributed by atoms with Crippen molar-refractivity contribution >= 4 is 5.97 Å². The highest BCUT2D eigenvalue weighted by Gasteiger charge is 2.03. The van der Waals surface area contributed by atoms with Crippen LogP contribution < -0.4 is 5.32 Å². The number of aromatic carboxylic acids is 1. The number of hydrogen-bond acceptors (Lipinski definition) is 3. The molecule has 0 bridgehead atoms. The van der Waals surface area contributed by atoms with Crippen LogP contribution in [0.4, 0.5) is 0 Å². The Morgan fingerprint density at radius 2 is 1.67 bits per heavy atom. The van der Waals surface area contributed by atoms with E-state index in [0.29, 0.717) is 18.7 Å².